The summed E-state index contributed by atoms with van der Waals surface area (Å²) in [4.78, 5) is 9.78. The molecule has 5 nitrogen and oxygen atoms in total. The number of halogens is 2. The van der Waals surface area contributed by atoms with Crippen LogP contribution in [0.5, 0.6) is 0 Å². The minimum atomic E-state index is -0.115. The van der Waals surface area contributed by atoms with E-state index in [2.05, 4.69) is 9.97 Å². The minimum Gasteiger partial charge on any atom is -0.394 e. The lowest BCUT2D eigenvalue weighted by molar-refractivity contribution is 0.0723. The molecule has 1 saturated heterocycles. The molecule has 1 unspecified atom stereocenters. The van der Waals surface area contributed by atoms with Crippen molar-refractivity contribution in [3.63, 3.8) is 0 Å². The molecule has 1 aliphatic heterocycles. The molecule has 1 aliphatic rings. The van der Waals surface area contributed by atoms with Gasteiger partial charge in [-0.15, -0.1) is 0 Å². The number of nitrogens with zero attached hydrogens (tertiary/aromatic N) is 3. The van der Waals surface area contributed by atoms with Crippen molar-refractivity contribution in [3.8, 4) is 0 Å². The van der Waals surface area contributed by atoms with Gasteiger partial charge in [0.15, 0.2) is 0 Å². The van der Waals surface area contributed by atoms with E-state index in [1.165, 1.54) is 0 Å². The zero-order chi connectivity index (χ0) is 11.5. The van der Waals surface area contributed by atoms with Gasteiger partial charge >= 0.3 is 0 Å². The van der Waals surface area contributed by atoms with Crippen molar-refractivity contribution >= 4 is 29.0 Å². The molecular weight excluding hydrogens is 253 g/mol. The van der Waals surface area contributed by atoms with Crippen LogP contribution in [-0.2, 0) is 4.74 Å². The van der Waals surface area contributed by atoms with Gasteiger partial charge in [-0.3, -0.25) is 0 Å². The molecule has 0 spiro atoms. The number of hydrogen-bond acceptors (Lipinski definition) is 5. The zero-order valence-corrected chi connectivity index (χ0v) is 9.95. The summed E-state index contributed by atoms with van der Waals surface area (Å²) in [5, 5.41) is 9.62. The number of anilines is 1. The molecule has 0 bridgehead atoms. The molecule has 0 aromatic carbocycles. The smallest absolute Gasteiger partial charge is 0.225 e. The van der Waals surface area contributed by atoms with Crippen LogP contribution in [0.15, 0.2) is 6.07 Å². The van der Waals surface area contributed by atoms with Gasteiger partial charge < -0.3 is 14.7 Å². The number of rotatable bonds is 2. The fourth-order valence-electron chi connectivity index (χ4n) is 1.63. The number of hydrogen-bond donors (Lipinski definition) is 1. The Morgan fingerprint density at radius 3 is 3.00 bits per heavy atom. The second-order valence-electron chi connectivity index (χ2n) is 3.42. The van der Waals surface area contributed by atoms with Gasteiger partial charge in [0.1, 0.15) is 11.0 Å². The minimum absolute atomic E-state index is 0.000753. The van der Waals surface area contributed by atoms with Crippen LogP contribution >= 0.6 is 23.2 Å². The van der Waals surface area contributed by atoms with Crippen molar-refractivity contribution in [2.24, 2.45) is 0 Å². The highest BCUT2D eigenvalue weighted by Crippen LogP contribution is 2.21. The topological polar surface area (TPSA) is 58.5 Å². The van der Waals surface area contributed by atoms with Crippen LogP contribution in [0.3, 0.4) is 0 Å². The van der Waals surface area contributed by atoms with Crippen LogP contribution in [0.1, 0.15) is 0 Å². The number of aliphatic hydroxyl groups is 1. The van der Waals surface area contributed by atoms with E-state index >= 15 is 0 Å². The van der Waals surface area contributed by atoms with Gasteiger partial charge in [0.25, 0.3) is 0 Å². The Balaban J connectivity index is 2.26. The molecule has 0 radical (unpaired) electrons. The molecule has 0 amide bonds. The largest absolute Gasteiger partial charge is 0.394 e. The lowest BCUT2D eigenvalue weighted by Gasteiger charge is -2.35. The second kappa shape index (κ2) is 5.14. The monoisotopic (exact) mass is 263 g/mol. The third kappa shape index (κ3) is 2.55. The molecule has 16 heavy (non-hydrogen) atoms. The number of aromatic nitrogens is 2. The van der Waals surface area contributed by atoms with Crippen LogP contribution in [0.25, 0.3) is 0 Å². The first-order valence-electron chi connectivity index (χ1n) is 4.86. The predicted octanol–water partition coefficient (Wildman–Crippen LogP) is 0.981. The van der Waals surface area contributed by atoms with Crippen LogP contribution in [-0.4, -0.2) is 47.5 Å². The quantitative estimate of drug-likeness (QED) is 0.637. The Morgan fingerprint density at radius 1 is 1.50 bits per heavy atom. The summed E-state index contributed by atoms with van der Waals surface area (Å²) in [6, 6.07) is 1.51. The van der Waals surface area contributed by atoms with Crippen LogP contribution < -0.4 is 4.90 Å². The molecule has 2 rings (SSSR count). The SMILES string of the molecule is OCC1COCCN1c1cc(Cl)nc(Cl)n1. The van der Waals surface area contributed by atoms with Crippen molar-refractivity contribution in [1.82, 2.24) is 9.97 Å². The van der Waals surface area contributed by atoms with E-state index in [0.29, 0.717) is 25.6 Å². The molecule has 1 atom stereocenters. The van der Waals surface area contributed by atoms with Gasteiger partial charge in [0, 0.05) is 12.6 Å². The first-order chi connectivity index (χ1) is 7.70. The van der Waals surface area contributed by atoms with Crippen molar-refractivity contribution in [2.45, 2.75) is 6.04 Å². The number of morpholine rings is 1. The van der Waals surface area contributed by atoms with Gasteiger partial charge in [-0.25, -0.2) is 9.97 Å². The van der Waals surface area contributed by atoms with Gasteiger partial charge in [-0.2, -0.15) is 0 Å². The maximum absolute atomic E-state index is 9.23. The van der Waals surface area contributed by atoms with E-state index in [1.54, 1.807) is 6.07 Å². The summed E-state index contributed by atoms with van der Waals surface area (Å²) in [6.45, 7) is 1.71. The maximum atomic E-state index is 9.23. The Labute approximate surface area is 103 Å². The van der Waals surface area contributed by atoms with E-state index in [-0.39, 0.29) is 23.1 Å². The standard InChI is InChI=1S/C9H11Cl2N3O2/c10-7-3-8(13-9(11)12-7)14-1-2-16-5-6(14)4-15/h3,6,15H,1-2,4-5H2. The first kappa shape index (κ1) is 11.9. The van der Waals surface area contributed by atoms with E-state index in [0.717, 1.165) is 0 Å². The molecule has 1 aromatic heterocycles. The second-order valence-corrected chi connectivity index (χ2v) is 4.15. The highest BCUT2D eigenvalue weighted by molar-refractivity contribution is 6.32. The Hall–Kier alpha value is -0.620. The van der Waals surface area contributed by atoms with Crippen molar-refractivity contribution in [3.05, 3.63) is 16.5 Å². The molecule has 0 aliphatic carbocycles. The fourth-order valence-corrected chi connectivity index (χ4v) is 2.03. The molecule has 7 heteroatoms. The van der Waals surface area contributed by atoms with Crippen LogP contribution in [0.2, 0.25) is 10.4 Å². The highest BCUT2D eigenvalue weighted by Gasteiger charge is 2.24. The van der Waals surface area contributed by atoms with Crippen LogP contribution in [0.4, 0.5) is 5.82 Å². The van der Waals surface area contributed by atoms with Crippen LogP contribution in [0, 0.1) is 0 Å². The van der Waals surface area contributed by atoms with Gasteiger partial charge in [-0.05, 0) is 11.6 Å². The normalized spacial score (nSPS) is 21.2. The molecule has 1 aromatic rings. The summed E-state index contributed by atoms with van der Waals surface area (Å²) in [6.07, 6.45) is 0. The summed E-state index contributed by atoms with van der Waals surface area (Å²) in [5.74, 6) is 0.618. The zero-order valence-electron chi connectivity index (χ0n) is 8.44. The third-order valence-corrected chi connectivity index (χ3v) is 2.75. The lowest BCUT2D eigenvalue weighted by Crippen LogP contribution is -2.48. The number of aliphatic hydroxyl groups excluding tert-OH is 1. The van der Waals surface area contributed by atoms with E-state index in [4.69, 9.17) is 27.9 Å². The van der Waals surface area contributed by atoms with E-state index in [1.807, 2.05) is 4.90 Å². The summed E-state index contributed by atoms with van der Waals surface area (Å²) in [7, 11) is 0. The number of ether oxygens (including phenoxy) is 1. The van der Waals surface area contributed by atoms with Crippen molar-refractivity contribution < 1.29 is 9.84 Å². The van der Waals surface area contributed by atoms with Gasteiger partial charge in [-0.1, -0.05) is 11.6 Å². The molecule has 0 saturated carbocycles. The first-order valence-corrected chi connectivity index (χ1v) is 5.61. The average Bonchev–Trinajstić information content (AvgIpc) is 2.27. The van der Waals surface area contributed by atoms with E-state index in [9.17, 15) is 5.11 Å². The van der Waals surface area contributed by atoms with E-state index < -0.39 is 0 Å². The molecule has 1 fully saturated rings. The van der Waals surface area contributed by atoms with Gasteiger partial charge in [0.05, 0.1) is 25.9 Å². The summed E-state index contributed by atoms with van der Waals surface area (Å²) in [5.41, 5.74) is 0. The summed E-state index contributed by atoms with van der Waals surface area (Å²) >= 11 is 11.5. The molecule has 2 heterocycles. The Bertz CT molecular complexity index is 358. The third-order valence-electron chi connectivity index (χ3n) is 2.39. The molecule has 88 valence electrons. The Morgan fingerprint density at radius 2 is 2.31 bits per heavy atom. The lowest BCUT2D eigenvalue weighted by atomic mass is 10.2. The maximum Gasteiger partial charge on any atom is 0.225 e. The average molecular weight is 264 g/mol. The van der Waals surface area contributed by atoms with Gasteiger partial charge in [0.2, 0.25) is 5.28 Å². The Kier molecular flexibility index (Phi) is 3.81. The predicted molar refractivity (Wildman–Crippen MR) is 61.1 cm³/mol. The fraction of sp³-hybridized carbons (Fsp3) is 0.556. The molecule has 1 N–H and O–H groups in total. The van der Waals surface area contributed by atoms with Crippen molar-refractivity contribution in [1.29, 1.82) is 0 Å². The molecular formula is C9H11Cl2N3O2. The van der Waals surface area contributed by atoms with Crippen molar-refractivity contribution in [2.75, 3.05) is 31.3 Å². The highest BCUT2D eigenvalue weighted by atomic mass is 35.5. The summed E-state index contributed by atoms with van der Waals surface area (Å²) < 4.78 is 5.27.